The average molecular weight is 348 g/mol. The first-order valence-corrected chi connectivity index (χ1v) is 7.60. The number of ketones is 1. The summed E-state index contributed by atoms with van der Waals surface area (Å²) in [6, 6.07) is 0. The van der Waals surface area contributed by atoms with Crippen molar-refractivity contribution in [1.29, 1.82) is 0 Å². The number of hydrogen-bond acceptors (Lipinski definition) is 5. The number of likely N-dealkylation sites (tertiary alicyclic amines) is 1. The lowest BCUT2D eigenvalue weighted by Crippen LogP contribution is -2.45. The second-order valence-electron chi connectivity index (χ2n) is 5.80. The molecule has 1 unspecified atom stereocenters. The normalized spacial score (nSPS) is 19.4. The Labute approximate surface area is 135 Å². The largest absolute Gasteiger partial charge is 0.393 e. The lowest BCUT2D eigenvalue weighted by Gasteiger charge is -2.33. The van der Waals surface area contributed by atoms with Gasteiger partial charge in [-0.2, -0.15) is 13.2 Å². The molecule has 1 atom stereocenters. The van der Waals surface area contributed by atoms with Crippen molar-refractivity contribution in [2.45, 2.75) is 32.5 Å². The molecule has 2 heterocycles. The molecule has 0 amide bonds. The molecule has 0 aliphatic carbocycles. The number of nitrogen functional groups attached to an aromatic ring is 1. The molecule has 1 fully saturated rings. The molecule has 1 aliphatic heterocycles. The minimum absolute atomic E-state index is 0.0254. The Kier molecular flexibility index (Phi) is 5.16. The Bertz CT molecular complexity index is 738. The average Bonchev–Trinajstić information content (AvgIpc) is 2.46. The number of carbonyl (C=O) groups is 1. The number of nitrogens with one attached hydrogen (secondary N) is 1. The van der Waals surface area contributed by atoms with E-state index < -0.39 is 29.1 Å². The van der Waals surface area contributed by atoms with Gasteiger partial charge in [0.15, 0.2) is 5.78 Å². The van der Waals surface area contributed by atoms with Crippen molar-refractivity contribution in [3.8, 4) is 0 Å². The summed E-state index contributed by atoms with van der Waals surface area (Å²) in [6.45, 7) is 1.47. The highest BCUT2D eigenvalue weighted by atomic mass is 19.4. The summed E-state index contributed by atoms with van der Waals surface area (Å²) in [4.78, 5) is 39.2. The van der Waals surface area contributed by atoms with Crippen LogP contribution in [0.4, 0.5) is 19.0 Å². The van der Waals surface area contributed by atoms with Gasteiger partial charge in [0.05, 0.1) is 12.5 Å². The van der Waals surface area contributed by atoms with Crippen molar-refractivity contribution in [2.24, 2.45) is 5.92 Å². The van der Waals surface area contributed by atoms with Gasteiger partial charge in [-0.3, -0.25) is 24.0 Å². The second-order valence-corrected chi connectivity index (χ2v) is 5.80. The van der Waals surface area contributed by atoms with Gasteiger partial charge in [0.1, 0.15) is 11.4 Å². The first-order chi connectivity index (χ1) is 11.1. The number of anilines is 1. The van der Waals surface area contributed by atoms with Crippen LogP contribution in [0.3, 0.4) is 0 Å². The zero-order valence-corrected chi connectivity index (χ0v) is 13.2. The van der Waals surface area contributed by atoms with Crippen LogP contribution in [0.25, 0.3) is 0 Å². The Balaban J connectivity index is 2.22. The van der Waals surface area contributed by atoms with Crippen LogP contribution in [0.2, 0.25) is 0 Å². The topological polar surface area (TPSA) is 101 Å². The molecule has 1 aromatic heterocycles. The van der Waals surface area contributed by atoms with Gasteiger partial charge in [-0.1, -0.05) is 0 Å². The molecular formula is C14H19F3N4O3. The standard InChI is InChI=1S/C14H19F3N4O3/c1-2-21-11(18)10(12(23)19-13(21)24)9(22)7-20-5-3-4-8(6-20)14(15,16)17/h8H,2-7,18H2,1H3,(H,19,23,24). The number of nitrogens with zero attached hydrogens (tertiary/aromatic N) is 2. The molecule has 0 saturated carbocycles. The van der Waals surface area contributed by atoms with Crippen molar-refractivity contribution in [2.75, 3.05) is 25.4 Å². The maximum atomic E-state index is 12.8. The maximum absolute atomic E-state index is 12.8. The predicted molar refractivity (Wildman–Crippen MR) is 81.0 cm³/mol. The minimum atomic E-state index is -4.31. The van der Waals surface area contributed by atoms with Gasteiger partial charge in [0.2, 0.25) is 0 Å². The highest BCUT2D eigenvalue weighted by Crippen LogP contribution is 2.33. The number of carbonyl (C=O) groups excluding carboxylic acids is 1. The molecule has 134 valence electrons. The maximum Gasteiger partial charge on any atom is 0.393 e. The quantitative estimate of drug-likeness (QED) is 0.776. The van der Waals surface area contributed by atoms with E-state index in [-0.39, 0.29) is 37.4 Å². The number of rotatable bonds is 4. The Morgan fingerprint density at radius 1 is 1.38 bits per heavy atom. The van der Waals surface area contributed by atoms with Crippen LogP contribution in [0.5, 0.6) is 0 Å². The van der Waals surface area contributed by atoms with E-state index in [9.17, 15) is 27.6 Å². The number of alkyl halides is 3. The van der Waals surface area contributed by atoms with Gasteiger partial charge in [0, 0.05) is 13.1 Å². The Morgan fingerprint density at radius 2 is 2.04 bits per heavy atom. The van der Waals surface area contributed by atoms with Crippen LogP contribution in [0.1, 0.15) is 30.1 Å². The van der Waals surface area contributed by atoms with E-state index in [2.05, 4.69) is 0 Å². The molecule has 24 heavy (non-hydrogen) atoms. The Hall–Kier alpha value is -2.10. The summed E-state index contributed by atoms with van der Waals surface area (Å²) in [5, 5.41) is 0. The highest BCUT2D eigenvalue weighted by Gasteiger charge is 2.42. The van der Waals surface area contributed by atoms with Gasteiger partial charge in [-0.15, -0.1) is 0 Å². The van der Waals surface area contributed by atoms with Crippen LogP contribution in [-0.2, 0) is 6.54 Å². The fourth-order valence-corrected chi connectivity index (χ4v) is 2.92. The molecule has 0 aromatic carbocycles. The van der Waals surface area contributed by atoms with Gasteiger partial charge < -0.3 is 5.73 Å². The molecule has 0 spiro atoms. The molecule has 0 radical (unpaired) electrons. The molecule has 3 N–H and O–H groups in total. The zero-order chi connectivity index (χ0) is 18.1. The van der Waals surface area contributed by atoms with Crippen molar-refractivity contribution < 1.29 is 18.0 Å². The molecule has 0 bridgehead atoms. The molecular weight excluding hydrogens is 329 g/mol. The first kappa shape index (κ1) is 18.2. The van der Waals surface area contributed by atoms with E-state index in [1.807, 2.05) is 4.98 Å². The lowest BCUT2D eigenvalue weighted by molar-refractivity contribution is -0.186. The Morgan fingerprint density at radius 3 is 2.62 bits per heavy atom. The van der Waals surface area contributed by atoms with Gasteiger partial charge in [-0.25, -0.2) is 4.79 Å². The summed E-state index contributed by atoms with van der Waals surface area (Å²) < 4.78 is 39.5. The van der Waals surface area contributed by atoms with Crippen molar-refractivity contribution in [1.82, 2.24) is 14.5 Å². The van der Waals surface area contributed by atoms with Crippen molar-refractivity contribution in [3.05, 3.63) is 26.4 Å². The molecule has 1 aromatic rings. The molecule has 1 aliphatic rings. The number of aromatic amines is 1. The number of nitrogens with two attached hydrogens (primary N) is 1. The third-order valence-corrected chi connectivity index (χ3v) is 4.17. The second kappa shape index (κ2) is 6.80. The molecule has 7 nitrogen and oxygen atoms in total. The van der Waals surface area contributed by atoms with Gasteiger partial charge in [0.25, 0.3) is 5.56 Å². The number of aromatic nitrogens is 2. The van der Waals surface area contributed by atoms with E-state index in [1.165, 1.54) is 4.90 Å². The first-order valence-electron chi connectivity index (χ1n) is 7.60. The molecule has 10 heteroatoms. The van der Waals surface area contributed by atoms with E-state index in [0.29, 0.717) is 13.0 Å². The lowest BCUT2D eigenvalue weighted by atomic mass is 9.97. The van der Waals surface area contributed by atoms with Crippen LogP contribution < -0.4 is 17.0 Å². The number of H-pyrrole nitrogens is 1. The predicted octanol–water partition coefficient (Wildman–Crippen LogP) is 0.596. The monoisotopic (exact) mass is 348 g/mol. The highest BCUT2D eigenvalue weighted by molar-refractivity contribution is 6.01. The molecule has 1 saturated heterocycles. The van der Waals surface area contributed by atoms with Gasteiger partial charge >= 0.3 is 11.9 Å². The number of Topliss-reactive ketones (excluding diaryl/α,β-unsaturated/α-hetero) is 1. The number of hydrogen-bond donors (Lipinski definition) is 2. The summed E-state index contributed by atoms with van der Waals surface area (Å²) in [6.07, 6.45) is -3.97. The summed E-state index contributed by atoms with van der Waals surface area (Å²) in [5.74, 6) is -2.45. The third-order valence-electron chi connectivity index (χ3n) is 4.17. The summed E-state index contributed by atoms with van der Waals surface area (Å²) in [7, 11) is 0. The number of halogens is 3. The summed E-state index contributed by atoms with van der Waals surface area (Å²) in [5.41, 5.74) is 3.69. The van der Waals surface area contributed by atoms with Gasteiger partial charge in [-0.05, 0) is 26.3 Å². The van der Waals surface area contributed by atoms with Crippen LogP contribution >= 0.6 is 0 Å². The van der Waals surface area contributed by atoms with Crippen molar-refractivity contribution >= 4 is 11.6 Å². The minimum Gasteiger partial charge on any atom is -0.384 e. The van der Waals surface area contributed by atoms with E-state index in [0.717, 1.165) is 4.57 Å². The van der Waals surface area contributed by atoms with Crippen molar-refractivity contribution in [3.63, 3.8) is 0 Å². The van der Waals surface area contributed by atoms with Crippen LogP contribution in [-0.4, -0.2) is 46.0 Å². The third kappa shape index (κ3) is 3.69. The fourth-order valence-electron chi connectivity index (χ4n) is 2.92. The van der Waals surface area contributed by atoms with Crippen LogP contribution in [0, 0.1) is 5.92 Å². The number of piperidine rings is 1. The summed E-state index contributed by atoms with van der Waals surface area (Å²) >= 11 is 0. The smallest absolute Gasteiger partial charge is 0.384 e. The fraction of sp³-hybridized carbons (Fsp3) is 0.643. The van der Waals surface area contributed by atoms with E-state index in [4.69, 9.17) is 5.73 Å². The SMILES string of the molecule is CCn1c(N)c(C(=O)CN2CCCC(C(F)(F)F)C2)c(=O)[nH]c1=O. The van der Waals surface area contributed by atoms with Crippen LogP contribution in [0.15, 0.2) is 9.59 Å². The van der Waals surface area contributed by atoms with E-state index >= 15 is 0 Å². The molecule has 2 rings (SSSR count). The zero-order valence-electron chi connectivity index (χ0n) is 13.2. The van der Waals surface area contributed by atoms with E-state index in [1.54, 1.807) is 6.92 Å².